The monoisotopic (exact) mass is 217 g/mol. The number of nitrogens with zero attached hydrogens (tertiary/aromatic N) is 4. The van der Waals surface area contributed by atoms with E-state index in [1.807, 2.05) is 12.1 Å². The van der Waals surface area contributed by atoms with Gasteiger partial charge in [0, 0.05) is 11.1 Å². The molecule has 0 aromatic heterocycles. The SMILES string of the molecule is [N-]=[N+]=NCCOc1cc2c(cc1N)C=NC2. The van der Waals surface area contributed by atoms with Crippen molar-refractivity contribution in [2.24, 2.45) is 10.1 Å². The first kappa shape index (κ1) is 10.3. The van der Waals surface area contributed by atoms with Crippen LogP contribution in [-0.4, -0.2) is 19.4 Å². The highest BCUT2D eigenvalue weighted by atomic mass is 16.5. The Morgan fingerprint density at radius 1 is 1.56 bits per heavy atom. The molecular weight excluding hydrogens is 206 g/mol. The molecule has 0 bridgehead atoms. The Balaban J connectivity index is 2.08. The van der Waals surface area contributed by atoms with Gasteiger partial charge < -0.3 is 10.5 Å². The van der Waals surface area contributed by atoms with Crippen molar-refractivity contribution in [1.82, 2.24) is 0 Å². The number of ether oxygens (including phenoxy) is 1. The number of hydrogen-bond donors (Lipinski definition) is 1. The zero-order chi connectivity index (χ0) is 11.4. The molecule has 0 spiro atoms. The standard InChI is InChI=1S/C10H11N5O/c11-9-3-7-5-13-6-8(7)4-10(9)16-2-1-14-15-12/h3-5H,1-2,6,11H2. The normalized spacial score (nSPS) is 12.0. The van der Waals surface area contributed by atoms with Crippen LogP contribution in [0.25, 0.3) is 10.4 Å². The molecule has 0 saturated carbocycles. The van der Waals surface area contributed by atoms with Crippen LogP contribution in [-0.2, 0) is 6.54 Å². The second-order valence-corrected chi connectivity index (χ2v) is 3.36. The maximum Gasteiger partial charge on any atom is 0.142 e. The summed E-state index contributed by atoms with van der Waals surface area (Å²) in [6, 6.07) is 3.72. The van der Waals surface area contributed by atoms with Gasteiger partial charge in [0.05, 0.1) is 25.4 Å². The smallest absolute Gasteiger partial charge is 0.142 e. The number of rotatable bonds is 4. The van der Waals surface area contributed by atoms with Crippen LogP contribution >= 0.6 is 0 Å². The van der Waals surface area contributed by atoms with Crippen molar-refractivity contribution in [3.63, 3.8) is 0 Å². The zero-order valence-corrected chi connectivity index (χ0v) is 8.63. The number of hydrogen-bond acceptors (Lipinski definition) is 4. The topological polar surface area (TPSA) is 96.4 Å². The lowest BCUT2D eigenvalue weighted by atomic mass is 10.1. The van der Waals surface area contributed by atoms with Crippen molar-refractivity contribution in [3.8, 4) is 5.75 Å². The van der Waals surface area contributed by atoms with E-state index in [4.69, 9.17) is 16.0 Å². The molecule has 6 nitrogen and oxygen atoms in total. The van der Waals surface area contributed by atoms with Crippen molar-refractivity contribution in [3.05, 3.63) is 33.7 Å². The maximum absolute atomic E-state index is 8.11. The van der Waals surface area contributed by atoms with E-state index in [1.165, 1.54) is 0 Å². The number of fused-ring (bicyclic) bond motifs is 1. The van der Waals surface area contributed by atoms with Crippen LogP contribution in [0.15, 0.2) is 22.2 Å². The Hall–Kier alpha value is -2.20. The van der Waals surface area contributed by atoms with Gasteiger partial charge >= 0.3 is 0 Å². The third-order valence-electron chi connectivity index (χ3n) is 2.28. The number of nitrogen functional groups attached to an aromatic ring is 1. The predicted octanol–water partition coefficient (Wildman–Crippen LogP) is 1.89. The fraction of sp³-hybridized carbons (Fsp3) is 0.300. The van der Waals surface area contributed by atoms with Crippen molar-refractivity contribution in [2.45, 2.75) is 6.54 Å². The van der Waals surface area contributed by atoms with E-state index in [-0.39, 0.29) is 0 Å². The largest absolute Gasteiger partial charge is 0.491 e. The Morgan fingerprint density at radius 3 is 3.25 bits per heavy atom. The van der Waals surface area contributed by atoms with E-state index in [0.29, 0.717) is 31.1 Å². The lowest BCUT2D eigenvalue weighted by Crippen LogP contribution is -2.04. The van der Waals surface area contributed by atoms with Crippen LogP contribution in [0.4, 0.5) is 5.69 Å². The molecule has 0 amide bonds. The van der Waals surface area contributed by atoms with Gasteiger partial charge in [0.2, 0.25) is 0 Å². The average molecular weight is 217 g/mol. The van der Waals surface area contributed by atoms with Crippen LogP contribution in [0.5, 0.6) is 5.75 Å². The fourth-order valence-electron chi connectivity index (χ4n) is 1.52. The minimum absolute atomic E-state index is 0.295. The molecule has 0 fully saturated rings. The lowest BCUT2D eigenvalue weighted by Gasteiger charge is -2.09. The minimum atomic E-state index is 0.295. The molecule has 1 aliphatic rings. The summed E-state index contributed by atoms with van der Waals surface area (Å²) in [5.74, 6) is 0.623. The van der Waals surface area contributed by atoms with E-state index in [2.05, 4.69) is 15.0 Å². The summed E-state index contributed by atoms with van der Waals surface area (Å²) in [5, 5.41) is 3.38. The lowest BCUT2D eigenvalue weighted by molar-refractivity contribution is 0.329. The molecule has 0 unspecified atom stereocenters. The van der Waals surface area contributed by atoms with Crippen molar-refractivity contribution in [1.29, 1.82) is 0 Å². The predicted molar refractivity (Wildman–Crippen MR) is 61.7 cm³/mol. The molecular formula is C10H11N5O. The van der Waals surface area contributed by atoms with Gasteiger partial charge in [0.1, 0.15) is 5.75 Å². The number of nitrogens with two attached hydrogens (primary N) is 1. The highest BCUT2D eigenvalue weighted by Gasteiger charge is 2.10. The van der Waals surface area contributed by atoms with E-state index in [1.54, 1.807) is 6.21 Å². The quantitative estimate of drug-likeness (QED) is 0.274. The van der Waals surface area contributed by atoms with Crippen LogP contribution in [0.1, 0.15) is 11.1 Å². The first-order valence-electron chi connectivity index (χ1n) is 4.87. The Bertz CT molecular complexity index is 476. The molecule has 2 rings (SSSR count). The molecule has 82 valence electrons. The third kappa shape index (κ3) is 2.07. The molecule has 1 aliphatic heterocycles. The molecule has 0 atom stereocenters. The number of anilines is 1. The fourth-order valence-corrected chi connectivity index (χ4v) is 1.52. The van der Waals surface area contributed by atoms with Gasteiger partial charge in [-0.25, -0.2) is 0 Å². The second-order valence-electron chi connectivity index (χ2n) is 3.36. The van der Waals surface area contributed by atoms with Crippen LogP contribution in [0, 0.1) is 0 Å². The number of benzene rings is 1. The summed E-state index contributed by atoms with van der Waals surface area (Å²) in [5.41, 5.74) is 16.6. The van der Waals surface area contributed by atoms with Crippen molar-refractivity contribution < 1.29 is 4.74 Å². The third-order valence-corrected chi connectivity index (χ3v) is 2.28. The zero-order valence-electron chi connectivity index (χ0n) is 8.63. The van der Waals surface area contributed by atoms with Gasteiger partial charge in [-0.1, -0.05) is 5.11 Å². The molecule has 0 aliphatic carbocycles. The van der Waals surface area contributed by atoms with Gasteiger partial charge in [-0.2, -0.15) is 0 Å². The Morgan fingerprint density at radius 2 is 2.44 bits per heavy atom. The summed E-state index contributed by atoms with van der Waals surface area (Å²) in [6.07, 6.45) is 1.80. The number of azide groups is 1. The van der Waals surface area contributed by atoms with Crippen LogP contribution < -0.4 is 10.5 Å². The molecule has 16 heavy (non-hydrogen) atoms. The van der Waals surface area contributed by atoms with Crippen LogP contribution in [0.3, 0.4) is 0 Å². The molecule has 1 aromatic rings. The highest BCUT2D eigenvalue weighted by Crippen LogP contribution is 2.28. The van der Waals surface area contributed by atoms with Crippen molar-refractivity contribution >= 4 is 11.9 Å². The first-order valence-corrected chi connectivity index (χ1v) is 4.87. The Labute approximate surface area is 92.4 Å². The van der Waals surface area contributed by atoms with Gasteiger partial charge in [-0.05, 0) is 28.8 Å². The van der Waals surface area contributed by atoms with Crippen molar-refractivity contribution in [2.75, 3.05) is 18.9 Å². The molecule has 0 radical (unpaired) electrons. The summed E-state index contributed by atoms with van der Waals surface area (Å²) in [7, 11) is 0. The van der Waals surface area contributed by atoms with Gasteiger partial charge in [0.15, 0.2) is 0 Å². The molecule has 1 heterocycles. The molecule has 1 aromatic carbocycles. The van der Waals surface area contributed by atoms with E-state index >= 15 is 0 Å². The van der Waals surface area contributed by atoms with Gasteiger partial charge in [-0.3, -0.25) is 4.99 Å². The average Bonchev–Trinajstić information content (AvgIpc) is 2.71. The highest BCUT2D eigenvalue weighted by molar-refractivity contribution is 5.86. The maximum atomic E-state index is 8.11. The minimum Gasteiger partial charge on any atom is -0.491 e. The van der Waals surface area contributed by atoms with Gasteiger partial charge in [0.25, 0.3) is 0 Å². The van der Waals surface area contributed by atoms with E-state index < -0.39 is 0 Å². The molecule has 2 N–H and O–H groups in total. The summed E-state index contributed by atoms with van der Waals surface area (Å²) in [4.78, 5) is 6.78. The van der Waals surface area contributed by atoms with Crippen LogP contribution in [0.2, 0.25) is 0 Å². The summed E-state index contributed by atoms with van der Waals surface area (Å²) >= 11 is 0. The summed E-state index contributed by atoms with van der Waals surface area (Å²) < 4.78 is 5.42. The number of aliphatic imine (C=N–C) groups is 1. The summed E-state index contributed by atoms with van der Waals surface area (Å²) in [6.45, 7) is 1.29. The second kappa shape index (κ2) is 4.55. The van der Waals surface area contributed by atoms with E-state index in [0.717, 1.165) is 11.1 Å². The first-order chi connectivity index (χ1) is 7.81. The van der Waals surface area contributed by atoms with E-state index in [9.17, 15) is 0 Å². The molecule has 0 saturated heterocycles. The molecule has 6 heteroatoms. The van der Waals surface area contributed by atoms with Gasteiger partial charge in [-0.15, -0.1) is 0 Å². The Kier molecular flexibility index (Phi) is 2.93.